The molecule has 4 aromatic rings. The van der Waals surface area contributed by atoms with Gasteiger partial charge in [0.2, 0.25) is 5.91 Å². The summed E-state index contributed by atoms with van der Waals surface area (Å²) in [5.41, 5.74) is 5.23. The monoisotopic (exact) mass is 433 g/mol. The maximum atomic E-state index is 12.9. The van der Waals surface area contributed by atoms with E-state index >= 15 is 0 Å². The fraction of sp³-hybridized carbons (Fsp3) is 0.208. The zero-order chi connectivity index (χ0) is 22.0. The van der Waals surface area contributed by atoms with Crippen molar-refractivity contribution in [2.24, 2.45) is 0 Å². The maximum Gasteiger partial charge on any atom is 0.244 e. The van der Waals surface area contributed by atoms with Crippen LogP contribution in [0.4, 0.5) is 0 Å². The van der Waals surface area contributed by atoms with E-state index in [1.807, 2.05) is 92.3 Å². The maximum absolute atomic E-state index is 12.9. The second-order valence-electron chi connectivity index (χ2n) is 7.47. The van der Waals surface area contributed by atoms with E-state index in [2.05, 4.69) is 10.4 Å². The van der Waals surface area contributed by atoms with Gasteiger partial charge in [-0.3, -0.25) is 9.48 Å². The molecule has 31 heavy (non-hydrogen) atoms. The molecular weight excluding hydrogens is 410 g/mol. The van der Waals surface area contributed by atoms with Crippen molar-refractivity contribution < 1.29 is 4.79 Å². The Bertz CT molecular complexity index is 1200. The Morgan fingerprint density at radius 3 is 2.29 bits per heavy atom. The molecule has 0 radical (unpaired) electrons. The summed E-state index contributed by atoms with van der Waals surface area (Å²) >= 11 is 6.24. The number of benzene rings is 2. The van der Waals surface area contributed by atoms with E-state index in [1.54, 1.807) is 4.68 Å². The first kappa shape index (κ1) is 20.9. The van der Waals surface area contributed by atoms with E-state index in [0.29, 0.717) is 17.3 Å². The number of carbonyl (C=O) groups excluding carboxylic acids is 1. The summed E-state index contributed by atoms with van der Waals surface area (Å²) in [5, 5.41) is 12.8. The highest BCUT2D eigenvalue weighted by Gasteiger charge is 2.21. The minimum Gasteiger partial charge on any atom is -0.350 e. The first-order valence-electron chi connectivity index (χ1n) is 10.1. The average molecular weight is 434 g/mol. The molecule has 158 valence electrons. The fourth-order valence-corrected chi connectivity index (χ4v) is 3.68. The highest BCUT2D eigenvalue weighted by atomic mass is 35.5. The Balaban J connectivity index is 1.59. The fourth-order valence-electron chi connectivity index (χ4n) is 3.55. The van der Waals surface area contributed by atoms with Crippen LogP contribution in [0.3, 0.4) is 0 Å². The number of amides is 1. The molecule has 4 rings (SSSR count). The summed E-state index contributed by atoms with van der Waals surface area (Å²) in [5.74, 6) is -0.131. The van der Waals surface area contributed by atoms with Crippen LogP contribution in [-0.4, -0.2) is 25.5 Å². The predicted octanol–water partition coefficient (Wildman–Crippen LogP) is 4.88. The lowest BCUT2D eigenvalue weighted by Gasteiger charge is -2.14. The smallest absolute Gasteiger partial charge is 0.244 e. The molecule has 2 aromatic carbocycles. The number of hydrogen-bond donors (Lipinski definition) is 1. The molecule has 2 heterocycles. The van der Waals surface area contributed by atoms with Gasteiger partial charge in [-0.05, 0) is 32.9 Å². The van der Waals surface area contributed by atoms with Crippen molar-refractivity contribution in [3.63, 3.8) is 0 Å². The van der Waals surface area contributed by atoms with Crippen LogP contribution in [0.5, 0.6) is 0 Å². The third-order valence-electron chi connectivity index (χ3n) is 5.29. The number of aromatic nitrogens is 4. The number of nitrogens with zero attached hydrogens (tertiary/aromatic N) is 4. The largest absolute Gasteiger partial charge is 0.350 e. The van der Waals surface area contributed by atoms with Crippen LogP contribution in [0.15, 0.2) is 66.9 Å². The summed E-state index contributed by atoms with van der Waals surface area (Å²) in [6.45, 7) is 5.87. The molecule has 0 aliphatic carbocycles. The van der Waals surface area contributed by atoms with Crippen molar-refractivity contribution in [3.8, 4) is 16.9 Å². The van der Waals surface area contributed by atoms with Crippen molar-refractivity contribution in [3.05, 3.63) is 88.8 Å². The second-order valence-corrected chi connectivity index (χ2v) is 7.85. The van der Waals surface area contributed by atoms with Gasteiger partial charge in [0, 0.05) is 23.9 Å². The van der Waals surface area contributed by atoms with E-state index in [4.69, 9.17) is 16.7 Å². The van der Waals surface area contributed by atoms with Gasteiger partial charge < -0.3 is 5.32 Å². The number of rotatable bonds is 6. The summed E-state index contributed by atoms with van der Waals surface area (Å²) < 4.78 is 3.51. The lowest BCUT2D eigenvalue weighted by atomic mass is 10.1. The summed E-state index contributed by atoms with van der Waals surface area (Å²) in [6, 6.07) is 19.4. The Morgan fingerprint density at radius 1 is 1.03 bits per heavy atom. The van der Waals surface area contributed by atoms with Gasteiger partial charge in [0.1, 0.15) is 6.04 Å². The third-order valence-corrected chi connectivity index (χ3v) is 5.84. The minimum absolute atomic E-state index is 0.131. The second kappa shape index (κ2) is 8.78. The standard InChI is InChI=1S/C24H24ClN5O/c1-16-22(25)17(2)30(27-16)18(3)24(31)26-14-20-15-29(21-12-8-5-9-13-21)28-23(20)19-10-6-4-7-11-19/h4-13,15,18H,14H2,1-3H3,(H,26,31). The van der Waals surface area contributed by atoms with Gasteiger partial charge in [-0.2, -0.15) is 10.2 Å². The van der Waals surface area contributed by atoms with Gasteiger partial charge in [-0.15, -0.1) is 0 Å². The Morgan fingerprint density at radius 2 is 1.68 bits per heavy atom. The molecule has 0 bridgehead atoms. The van der Waals surface area contributed by atoms with E-state index in [1.165, 1.54) is 0 Å². The molecule has 0 spiro atoms. The first-order chi connectivity index (χ1) is 15.0. The zero-order valence-corrected chi connectivity index (χ0v) is 18.5. The van der Waals surface area contributed by atoms with E-state index < -0.39 is 6.04 Å². The molecular formula is C24H24ClN5O. The Kier molecular flexibility index (Phi) is 5.91. The van der Waals surface area contributed by atoms with Crippen molar-refractivity contribution in [1.29, 1.82) is 0 Å². The number of aryl methyl sites for hydroxylation is 1. The van der Waals surface area contributed by atoms with Gasteiger partial charge in [0.05, 0.1) is 27.8 Å². The molecule has 0 fully saturated rings. The average Bonchev–Trinajstić information content (AvgIpc) is 3.35. The lowest BCUT2D eigenvalue weighted by Crippen LogP contribution is -2.31. The minimum atomic E-state index is -0.476. The van der Waals surface area contributed by atoms with Crippen molar-refractivity contribution in [2.75, 3.05) is 0 Å². The number of carbonyl (C=O) groups is 1. The number of para-hydroxylation sites is 1. The molecule has 6 nitrogen and oxygen atoms in total. The number of nitrogens with one attached hydrogen (secondary N) is 1. The molecule has 2 aromatic heterocycles. The lowest BCUT2D eigenvalue weighted by molar-refractivity contribution is -0.124. The van der Waals surface area contributed by atoms with E-state index in [-0.39, 0.29) is 5.91 Å². The van der Waals surface area contributed by atoms with Crippen molar-refractivity contribution in [1.82, 2.24) is 24.9 Å². The van der Waals surface area contributed by atoms with Gasteiger partial charge >= 0.3 is 0 Å². The molecule has 1 N–H and O–H groups in total. The van der Waals surface area contributed by atoms with Crippen LogP contribution >= 0.6 is 11.6 Å². The summed E-state index contributed by atoms with van der Waals surface area (Å²) in [7, 11) is 0. The van der Waals surface area contributed by atoms with Crippen LogP contribution in [0.25, 0.3) is 16.9 Å². The van der Waals surface area contributed by atoms with Gasteiger partial charge in [-0.1, -0.05) is 60.1 Å². The number of halogens is 1. The molecule has 7 heteroatoms. The number of hydrogen-bond acceptors (Lipinski definition) is 3. The Labute approximate surface area is 186 Å². The van der Waals surface area contributed by atoms with Crippen LogP contribution in [0, 0.1) is 13.8 Å². The zero-order valence-electron chi connectivity index (χ0n) is 17.7. The van der Waals surface area contributed by atoms with Crippen LogP contribution < -0.4 is 5.32 Å². The Hall–Kier alpha value is -3.38. The molecule has 0 saturated heterocycles. The predicted molar refractivity (Wildman–Crippen MR) is 122 cm³/mol. The highest BCUT2D eigenvalue weighted by molar-refractivity contribution is 6.31. The topological polar surface area (TPSA) is 64.7 Å². The van der Waals surface area contributed by atoms with Gasteiger partial charge in [0.15, 0.2) is 0 Å². The highest BCUT2D eigenvalue weighted by Crippen LogP contribution is 2.25. The van der Waals surface area contributed by atoms with Crippen molar-refractivity contribution in [2.45, 2.75) is 33.4 Å². The molecule has 0 saturated carbocycles. The van der Waals surface area contributed by atoms with E-state index in [0.717, 1.165) is 28.2 Å². The van der Waals surface area contributed by atoms with Crippen LogP contribution in [0.1, 0.15) is 29.9 Å². The molecule has 0 aliphatic rings. The molecule has 1 atom stereocenters. The molecule has 1 unspecified atom stereocenters. The SMILES string of the molecule is Cc1nn(C(C)C(=O)NCc2cn(-c3ccccc3)nc2-c2ccccc2)c(C)c1Cl. The summed E-state index contributed by atoms with van der Waals surface area (Å²) in [6.07, 6.45) is 1.96. The van der Waals surface area contributed by atoms with Gasteiger partial charge in [-0.25, -0.2) is 4.68 Å². The molecule has 0 aliphatic heterocycles. The van der Waals surface area contributed by atoms with Crippen LogP contribution in [-0.2, 0) is 11.3 Å². The summed E-state index contributed by atoms with van der Waals surface area (Å²) in [4.78, 5) is 12.9. The van der Waals surface area contributed by atoms with Crippen molar-refractivity contribution >= 4 is 17.5 Å². The van der Waals surface area contributed by atoms with Crippen LogP contribution in [0.2, 0.25) is 5.02 Å². The first-order valence-corrected chi connectivity index (χ1v) is 10.5. The normalized spacial score (nSPS) is 12.0. The van der Waals surface area contributed by atoms with Gasteiger partial charge in [0.25, 0.3) is 0 Å². The third kappa shape index (κ3) is 4.25. The van der Waals surface area contributed by atoms with E-state index in [9.17, 15) is 4.79 Å². The quantitative estimate of drug-likeness (QED) is 0.471. The molecule has 1 amide bonds.